The van der Waals surface area contributed by atoms with Gasteiger partial charge in [0.1, 0.15) is 0 Å². The molecule has 0 radical (unpaired) electrons. The first-order valence-electron chi connectivity index (χ1n) is 4.59. The Kier molecular flexibility index (Phi) is 17.7. The van der Waals surface area contributed by atoms with E-state index >= 15 is 0 Å². The predicted octanol–water partition coefficient (Wildman–Crippen LogP) is -5.32. The van der Waals surface area contributed by atoms with Crippen LogP contribution in [-0.4, -0.2) is 58.7 Å². The Morgan fingerprint density at radius 1 is 0.357 bits per heavy atom. The fourth-order valence-corrected chi connectivity index (χ4v) is 3.74. The van der Waals surface area contributed by atoms with Crippen LogP contribution in [0, 0.1) is 0 Å². The summed E-state index contributed by atoms with van der Waals surface area (Å²) in [5, 5.41) is 0. The molecule has 0 fully saturated rings. The first-order chi connectivity index (χ1) is 11.1. The van der Waals surface area contributed by atoms with Crippen LogP contribution in [0.15, 0.2) is 0 Å². The monoisotopic (exact) mass is 558 g/mol. The van der Waals surface area contributed by atoms with Gasteiger partial charge in [0.15, 0.2) is 0 Å². The number of hydrogen-bond acceptors (Lipinski definition) is 9. The molecule has 12 N–H and O–H groups in total. The van der Waals surface area contributed by atoms with Crippen molar-refractivity contribution < 1.29 is 130 Å². The van der Waals surface area contributed by atoms with Crippen molar-refractivity contribution in [3.8, 4) is 0 Å². The third-order valence-electron chi connectivity index (χ3n) is 0.638. The van der Waals surface area contributed by atoms with Crippen molar-refractivity contribution in [2.75, 3.05) is 0 Å². The van der Waals surface area contributed by atoms with Crippen LogP contribution in [0.2, 0.25) is 0 Å². The topological polar surface area (TPSA) is 373 Å². The maximum Gasteiger partial charge on any atom is 1.00 e. The van der Waals surface area contributed by atoms with Gasteiger partial charge in [0.25, 0.3) is 0 Å². The van der Waals surface area contributed by atoms with Crippen LogP contribution < -0.4 is 29.6 Å². The summed E-state index contributed by atoms with van der Waals surface area (Å²) in [4.78, 5) is 93.0. The zero-order valence-corrected chi connectivity index (χ0v) is 20.1. The smallest absolute Gasteiger partial charge is 1.00 e. The van der Waals surface area contributed by atoms with Crippen molar-refractivity contribution in [3.05, 3.63) is 0 Å². The van der Waals surface area contributed by atoms with Gasteiger partial charge < -0.3 is 60.1 Å². The van der Waals surface area contributed by atoms with Gasteiger partial charge in [-0.15, -0.1) is 0 Å². The minimum absolute atomic E-state index is 0. The maximum atomic E-state index is 9.63. The van der Waals surface area contributed by atoms with Crippen molar-refractivity contribution in [1.29, 1.82) is 0 Å². The molecule has 0 aliphatic carbocycles. The molecule has 0 saturated carbocycles. The summed E-state index contributed by atoms with van der Waals surface area (Å²) in [6.45, 7) is 0. The van der Waals surface area contributed by atoms with E-state index in [0.717, 1.165) is 0 Å². The van der Waals surface area contributed by atoms with E-state index in [2.05, 4.69) is 12.9 Å². The zero-order chi connectivity index (χ0) is 23.1. The van der Waals surface area contributed by atoms with Crippen LogP contribution in [-0.2, 0) is 40.3 Å². The van der Waals surface area contributed by atoms with E-state index in [-0.39, 0.29) is 31.0 Å². The molecule has 0 aliphatic rings. The Morgan fingerprint density at radius 2 is 0.429 bits per heavy atom. The van der Waals surface area contributed by atoms with Gasteiger partial charge in [-0.2, -0.15) is 12.9 Å². The van der Waals surface area contributed by atoms with Crippen LogP contribution in [0.5, 0.6) is 0 Å². The number of hydrogen-bond donors (Lipinski definition) is 12. The van der Waals surface area contributed by atoms with E-state index < -0.39 is 46.9 Å². The summed E-state index contributed by atoms with van der Waals surface area (Å²) in [6, 6.07) is 0. The van der Waals surface area contributed by atoms with Crippen LogP contribution in [0.25, 0.3) is 0 Å². The minimum Gasteiger partial charge on any atom is -1.00 e. The molecule has 0 rings (SSSR count). The molecule has 0 bridgehead atoms. The largest absolute Gasteiger partial charge is 1.00 e. The summed E-state index contributed by atoms with van der Waals surface area (Å²) in [5.41, 5.74) is 0. The molecule has 0 aromatic carbocycles. The third-order valence-corrected chi connectivity index (χ3v) is 5.74. The minimum atomic E-state index is -5.05. The fraction of sp³-hybridized carbons (Fsp3) is 0. The molecule has 0 amide bonds. The van der Waals surface area contributed by atoms with Gasteiger partial charge in [-0.3, -0.25) is 0 Å². The molecule has 0 heterocycles. The first-order valence-corrected chi connectivity index (χ1v) is 13.8. The molecule has 0 atom stereocenters. The predicted molar refractivity (Wildman–Crippen MR) is 76.6 cm³/mol. The van der Waals surface area contributed by atoms with E-state index in [4.69, 9.17) is 58.7 Å². The van der Waals surface area contributed by atoms with E-state index in [0.29, 0.717) is 0 Å². The second-order valence-electron chi connectivity index (χ2n) is 3.19. The first kappa shape index (κ1) is 37.1. The van der Waals surface area contributed by atoms with Gasteiger partial charge >= 0.3 is 76.5 Å². The Morgan fingerprint density at radius 3 is 0.429 bits per heavy atom. The Hall–Kier alpha value is 1.78. The van der Waals surface area contributed by atoms with Crippen molar-refractivity contribution in [1.82, 2.24) is 0 Å². The fourth-order valence-electron chi connectivity index (χ4n) is 0.416. The molecule has 21 nitrogen and oxygen atoms in total. The van der Waals surface area contributed by atoms with Crippen molar-refractivity contribution in [2.45, 2.75) is 0 Å². The van der Waals surface area contributed by atoms with Crippen molar-refractivity contribution >= 4 is 46.9 Å². The van der Waals surface area contributed by atoms with E-state index in [9.17, 15) is 27.4 Å². The second kappa shape index (κ2) is 13.4. The molecule has 0 spiro atoms. The maximum absolute atomic E-state index is 9.63. The second-order valence-corrected chi connectivity index (χ2v) is 11.0. The molecular weight excluding hydrogens is 545 g/mol. The standard InChI is InChI=1S/Na.3H4O7P2.H/c;3*1-8(2,3)7-9(4,5)6;/h;3*(H2,1,2,3)(H2,4,5,6);/q+1;;;;-1. The third kappa shape index (κ3) is 50.9. The summed E-state index contributed by atoms with van der Waals surface area (Å²) in [5.74, 6) is 0. The SMILES string of the molecule is O=P(O)(O)OP(=O)(O)O.O=P(O)(O)OP(=O)(O)O.O=P(O)(O)OP(=O)(O)O.[H-].[Na+]. The molecule has 0 saturated heterocycles. The summed E-state index contributed by atoms with van der Waals surface area (Å²) in [6.07, 6.45) is 0. The van der Waals surface area contributed by atoms with Crippen LogP contribution >= 0.6 is 46.9 Å². The number of phosphoric acid groups is 6. The zero-order valence-electron chi connectivity index (χ0n) is 13.7. The average molecular weight is 558 g/mol. The normalized spacial score (nSPS) is 13.3. The van der Waals surface area contributed by atoms with Crippen LogP contribution in [0.4, 0.5) is 0 Å². The Bertz CT molecular complexity index is 554. The summed E-state index contributed by atoms with van der Waals surface area (Å²) < 4.78 is 66.6. The van der Waals surface area contributed by atoms with Crippen LogP contribution in [0.3, 0.4) is 0 Å². The van der Waals surface area contributed by atoms with Gasteiger partial charge in [0.2, 0.25) is 0 Å². The average Bonchev–Trinajstić information content (AvgIpc) is 1.96. The molecule has 0 aromatic heterocycles. The van der Waals surface area contributed by atoms with Gasteiger partial charge in [-0.1, -0.05) is 0 Å². The number of rotatable bonds is 6. The van der Waals surface area contributed by atoms with Gasteiger partial charge in [0.05, 0.1) is 0 Å². The summed E-state index contributed by atoms with van der Waals surface area (Å²) >= 11 is 0. The van der Waals surface area contributed by atoms with Gasteiger partial charge in [-0.25, -0.2) is 27.4 Å². The molecule has 170 valence electrons. The van der Waals surface area contributed by atoms with E-state index in [1.165, 1.54) is 0 Å². The Balaban J connectivity index is -0.0000000960. The van der Waals surface area contributed by atoms with Crippen LogP contribution in [0.1, 0.15) is 1.43 Å². The van der Waals surface area contributed by atoms with Gasteiger partial charge in [-0.05, 0) is 0 Å². The van der Waals surface area contributed by atoms with E-state index in [1.54, 1.807) is 0 Å². The van der Waals surface area contributed by atoms with E-state index in [1.807, 2.05) is 0 Å². The molecule has 0 aromatic rings. The van der Waals surface area contributed by atoms with Crippen molar-refractivity contribution in [3.63, 3.8) is 0 Å². The van der Waals surface area contributed by atoms with Crippen molar-refractivity contribution in [2.24, 2.45) is 0 Å². The molecular formula is H13NaO21P6. The molecule has 28 heteroatoms. The molecule has 28 heavy (non-hydrogen) atoms. The quantitative estimate of drug-likeness (QED) is 0.107. The summed E-state index contributed by atoms with van der Waals surface area (Å²) in [7, 11) is -30.3. The van der Waals surface area contributed by atoms with Gasteiger partial charge in [0, 0.05) is 0 Å². The molecule has 0 aliphatic heterocycles. The Labute approximate surface area is 176 Å². The molecule has 0 unspecified atom stereocenters.